The number of carbonyl (C=O) groups excluding carboxylic acids is 3. The fraction of sp³-hybridized carbons (Fsp3) is 0.200. The highest BCUT2D eigenvalue weighted by Crippen LogP contribution is 2.22. The third kappa shape index (κ3) is 2.66. The summed E-state index contributed by atoms with van der Waals surface area (Å²) in [6.07, 6.45) is -1.06. The van der Waals surface area contributed by atoms with Crippen molar-refractivity contribution < 1.29 is 38.8 Å². The molecule has 1 aliphatic heterocycles. The van der Waals surface area contributed by atoms with Gasteiger partial charge in [0.1, 0.15) is 16.1 Å². The van der Waals surface area contributed by atoms with Gasteiger partial charge in [-0.25, -0.2) is 24.0 Å². The fourth-order valence-corrected chi connectivity index (χ4v) is 2.36. The first-order chi connectivity index (χ1) is 11.3. The smallest absolute Gasteiger partial charge is 0.397 e. The number of hydrogen-bond acceptors (Lipinski definition) is 8. The maximum absolute atomic E-state index is 11.9. The van der Waals surface area contributed by atoms with Crippen LogP contribution in [0.15, 0.2) is 33.5 Å². The van der Waals surface area contributed by atoms with E-state index in [4.69, 9.17) is 4.42 Å². The van der Waals surface area contributed by atoms with Crippen molar-refractivity contribution in [3.05, 3.63) is 40.2 Å². The molecule has 9 heteroatoms. The molecule has 1 aliphatic rings. The third-order valence-electron chi connectivity index (χ3n) is 3.59. The van der Waals surface area contributed by atoms with E-state index in [1.54, 1.807) is 0 Å². The van der Waals surface area contributed by atoms with Crippen LogP contribution in [0.4, 0.5) is 0 Å². The topological polar surface area (TPSA) is 131 Å². The molecule has 2 amide bonds. The number of aromatic hydroxyl groups is 1. The number of phenolic OH excluding ortho intramolecular Hbond substituents is 1. The fourth-order valence-electron chi connectivity index (χ4n) is 2.36. The number of hydrogen-bond donors (Lipinski definition) is 2. The molecule has 3 rings (SSSR count). The lowest BCUT2D eigenvalue weighted by Gasteiger charge is -2.15. The molecule has 0 radical (unpaired) electrons. The highest BCUT2D eigenvalue weighted by molar-refractivity contribution is 5.91. The van der Waals surface area contributed by atoms with Crippen molar-refractivity contribution >= 4 is 28.8 Å². The van der Waals surface area contributed by atoms with Gasteiger partial charge in [-0.15, -0.1) is 0 Å². The standard InChI is InChI=1S/C15H11NO8/c17-10-2-1-8-5-9(15(21)23-11(8)7-10)6-14(20)24-16(22)12(18)3-4-13(16)19/h1-2,5,7,22H,3-4,6H2/p+1. The Morgan fingerprint density at radius 2 is 1.83 bits per heavy atom. The van der Waals surface area contributed by atoms with E-state index < -0.39 is 34.6 Å². The van der Waals surface area contributed by atoms with Crippen LogP contribution in [0.1, 0.15) is 18.4 Å². The number of rotatable bonds is 3. The second-order valence-electron chi connectivity index (χ2n) is 5.28. The van der Waals surface area contributed by atoms with E-state index in [2.05, 4.69) is 4.84 Å². The van der Waals surface area contributed by atoms with E-state index >= 15 is 0 Å². The summed E-state index contributed by atoms with van der Waals surface area (Å²) in [5.41, 5.74) is -0.787. The molecule has 0 bridgehead atoms. The number of amides is 2. The number of benzene rings is 1. The van der Waals surface area contributed by atoms with Crippen LogP contribution in [0.25, 0.3) is 11.0 Å². The van der Waals surface area contributed by atoms with Crippen molar-refractivity contribution in [2.45, 2.75) is 19.3 Å². The predicted octanol–water partition coefficient (Wildman–Crippen LogP) is 0.552. The third-order valence-corrected chi connectivity index (χ3v) is 3.59. The number of carbonyl (C=O) groups is 3. The van der Waals surface area contributed by atoms with Gasteiger partial charge in [-0.3, -0.25) is 0 Å². The summed E-state index contributed by atoms with van der Waals surface area (Å²) in [7, 11) is 0. The minimum absolute atomic E-state index is 0.0797. The number of phenols is 1. The van der Waals surface area contributed by atoms with Crippen molar-refractivity contribution in [2.75, 3.05) is 0 Å². The minimum atomic E-state index is -2.04. The van der Waals surface area contributed by atoms with E-state index in [-0.39, 0.29) is 29.7 Å². The molecule has 1 aromatic carbocycles. The lowest BCUT2D eigenvalue weighted by Crippen LogP contribution is -2.50. The van der Waals surface area contributed by atoms with Gasteiger partial charge in [-0.2, -0.15) is 5.21 Å². The van der Waals surface area contributed by atoms with E-state index in [0.29, 0.717) is 5.39 Å². The van der Waals surface area contributed by atoms with E-state index in [1.807, 2.05) is 0 Å². The Morgan fingerprint density at radius 3 is 2.50 bits per heavy atom. The van der Waals surface area contributed by atoms with Gasteiger partial charge in [0.05, 0.1) is 19.3 Å². The Labute approximate surface area is 133 Å². The van der Waals surface area contributed by atoms with Crippen LogP contribution in [-0.2, 0) is 25.6 Å². The first-order valence-corrected chi connectivity index (χ1v) is 6.96. The molecule has 0 saturated carbocycles. The van der Waals surface area contributed by atoms with Gasteiger partial charge in [0.15, 0.2) is 0 Å². The lowest BCUT2D eigenvalue weighted by atomic mass is 10.1. The number of imide groups is 1. The summed E-state index contributed by atoms with van der Waals surface area (Å²) in [5, 5.41) is 19.6. The lowest BCUT2D eigenvalue weighted by molar-refractivity contribution is -1.12. The van der Waals surface area contributed by atoms with Gasteiger partial charge >= 0.3 is 23.4 Å². The largest absolute Gasteiger partial charge is 0.508 e. The average Bonchev–Trinajstić information content (AvgIpc) is 2.75. The van der Waals surface area contributed by atoms with Crippen LogP contribution >= 0.6 is 0 Å². The molecule has 0 unspecified atom stereocenters. The van der Waals surface area contributed by atoms with Crippen molar-refractivity contribution in [2.24, 2.45) is 0 Å². The molecule has 1 fully saturated rings. The van der Waals surface area contributed by atoms with Crippen molar-refractivity contribution in [1.82, 2.24) is 0 Å². The molecule has 24 heavy (non-hydrogen) atoms. The quantitative estimate of drug-likeness (QED) is 0.360. The predicted molar refractivity (Wildman–Crippen MR) is 75.2 cm³/mol. The summed E-state index contributed by atoms with van der Waals surface area (Å²) >= 11 is 0. The Hall–Kier alpha value is -3.04. The maximum atomic E-state index is 11.9. The molecule has 0 aliphatic carbocycles. The zero-order chi connectivity index (χ0) is 17.5. The Bertz CT molecular complexity index is 913. The van der Waals surface area contributed by atoms with Crippen molar-refractivity contribution in [3.8, 4) is 5.75 Å². The van der Waals surface area contributed by atoms with Crippen LogP contribution in [-0.4, -0.2) is 32.9 Å². The highest BCUT2D eigenvalue weighted by Gasteiger charge is 2.55. The van der Waals surface area contributed by atoms with Gasteiger partial charge in [0, 0.05) is 17.0 Å². The highest BCUT2D eigenvalue weighted by atomic mass is 17.0. The minimum Gasteiger partial charge on any atom is -0.508 e. The molecular weight excluding hydrogens is 322 g/mol. The molecule has 2 N–H and O–H groups in total. The molecule has 0 spiro atoms. The first-order valence-electron chi connectivity index (χ1n) is 6.96. The summed E-state index contributed by atoms with van der Waals surface area (Å²) < 4.78 is 4.99. The summed E-state index contributed by atoms with van der Waals surface area (Å²) in [4.78, 5) is 49.2. The van der Waals surface area contributed by atoms with Crippen LogP contribution in [0, 0.1) is 0 Å². The van der Waals surface area contributed by atoms with Crippen LogP contribution < -0.4 is 5.63 Å². The number of nitrogens with zero attached hydrogens (tertiary/aromatic N) is 1. The summed E-state index contributed by atoms with van der Waals surface area (Å²) in [6, 6.07) is 5.46. The SMILES string of the molecule is O=C(Cc1cc2ccc(O)cc2oc1=O)O[N+]1(O)C(=O)CCC1=O. The number of hydroxylamine groups is 4. The van der Waals surface area contributed by atoms with E-state index in [1.165, 1.54) is 24.3 Å². The molecule has 124 valence electrons. The van der Waals surface area contributed by atoms with Crippen LogP contribution in [0.5, 0.6) is 5.75 Å². The van der Waals surface area contributed by atoms with Gasteiger partial charge in [-0.05, 0) is 18.2 Å². The second-order valence-corrected chi connectivity index (χ2v) is 5.28. The van der Waals surface area contributed by atoms with E-state index in [9.17, 15) is 29.5 Å². The molecule has 2 aromatic rings. The Morgan fingerprint density at radius 1 is 1.17 bits per heavy atom. The molecule has 0 atom stereocenters. The normalized spacial score (nSPS) is 16.5. The van der Waals surface area contributed by atoms with Crippen LogP contribution in [0.3, 0.4) is 0 Å². The van der Waals surface area contributed by atoms with Gasteiger partial charge in [-0.1, -0.05) is 0 Å². The summed E-state index contributed by atoms with van der Waals surface area (Å²) in [5.74, 6) is -3.12. The van der Waals surface area contributed by atoms with Gasteiger partial charge in [0.2, 0.25) is 0 Å². The zero-order valence-electron chi connectivity index (χ0n) is 12.2. The van der Waals surface area contributed by atoms with Crippen molar-refractivity contribution in [1.29, 1.82) is 0 Å². The molecular formula is C15H12NO8+. The number of fused-ring (bicyclic) bond motifs is 1. The van der Waals surface area contributed by atoms with Gasteiger partial charge in [0.25, 0.3) is 0 Å². The Kier molecular flexibility index (Phi) is 3.66. The Balaban J connectivity index is 1.84. The first kappa shape index (κ1) is 15.8. The zero-order valence-corrected chi connectivity index (χ0v) is 12.2. The van der Waals surface area contributed by atoms with Crippen LogP contribution in [0.2, 0.25) is 0 Å². The molecule has 1 aromatic heterocycles. The molecule has 9 nitrogen and oxygen atoms in total. The maximum Gasteiger partial charge on any atom is 0.397 e. The van der Waals surface area contributed by atoms with E-state index in [0.717, 1.165) is 0 Å². The summed E-state index contributed by atoms with van der Waals surface area (Å²) in [6.45, 7) is 0. The average molecular weight is 334 g/mol. The van der Waals surface area contributed by atoms with Crippen molar-refractivity contribution in [3.63, 3.8) is 0 Å². The van der Waals surface area contributed by atoms with Gasteiger partial charge < -0.3 is 9.52 Å². The monoisotopic (exact) mass is 334 g/mol. The number of quaternary nitrogens is 1. The molecule has 2 heterocycles. The second kappa shape index (κ2) is 5.55. The molecule has 1 saturated heterocycles.